The predicted molar refractivity (Wildman–Crippen MR) is 80.6 cm³/mol. The van der Waals surface area contributed by atoms with Crippen LogP contribution < -0.4 is 5.32 Å². The van der Waals surface area contributed by atoms with Gasteiger partial charge in [-0.05, 0) is 31.9 Å². The third kappa shape index (κ3) is 3.72. The van der Waals surface area contributed by atoms with E-state index in [4.69, 9.17) is 11.6 Å². The number of pyridine rings is 1. The van der Waals surface area contributed by atoms with Crippen LogP contribution in [0.2, 0.25) is 5.15 Å². The average molecular weight is 306 g/mol. The monoisotopic (exact) mass is 305 g/mol. The summed E-state index contributed by atoms with van der Waals surface area (Å²) in [7, 11) is 0. The Bertz CT molecular complexity index is 687. The Hall–Kier alpha value is -2.08. The van der Waals surface area contributed by atoms with E-state index < -0.39 is 0 Å². The van der Waals surface area contributed by atoms with Crippen molar-refractivity contribution >= 4 is 23.5 Å². The lowest BCUT2D eigenvalue weighted by molar-refractivity contribution is 0.102. The molecule has 0 fully saturated rings. The van der Waals surface area contributed by atoms with E-state index in [0.29, 0.717) is 5.56 Å². The molecule has 0 spiro atoms. The molecule has 2 rings (SSSR count). The topological polar surface area (TPSA) is 80.7 Å². The van der Waals surface area contributed by atoms with E-state index in [9.17, 15) is 4.79 Å². The van der Waals surface area contributed by atoms with E-state index in [-0.39, 0.29) is 22.9 Å². The van der Waals surface area contributed by atoms with Gasteiger partial charge in [-0.25, -0.2) is 9.97 Å². The quantitative estimate of drug-likeness (QED) is 0.882. The van der Waals surface area contributed by atoms with Crippen LogP contribution in [0.15, 0.2) is 12.1 Å². The first-order chi connectivity index (χ1) is 9.86. The number of rotatable bonds is 3. The molecule has 0 unspecified atom stereocenters. The van der Waals surface area contributed by atoms with Crippen LogP contribution in [0, 0.1) is 13.8 Å². The maximum absolute atomic E-state index is 12.2. The second-order valence-corrected chi connectivity index (χ2v) is 5.41. The summed E-state index contributed by atoms with van der Waals surface area (Å²) in [4.78, 5) is 20.6. The van der Waals surface area contributed by atoms with Crippen LogP contribution in [-0.2, 0) is 0 Å². The van der Waals surface area contributed by atoms with Gasteiger partial charge in [0.1, 0.15) is 5.15 Å². The number of aromatic nitrogens is 4. The van der Waals surface area contributed by atoms with Gasteiger partial charge >= 0.3 is 0 Å². The molecule has 2 aromatic rings. The van der Waals surface area contributed by atoms with Gasteiger partial charge in [0.15, 0.2) is 0 Å². The number of carbonyl (C=O) groups is 1. The molecule has 2 heterocycles. The number of nitrogens with one attached hydrogen (secondary N) is 1. The first-order valence-electron chi connectivity index (χ1n) is 6.53. The summed E-state index contributed by atoms with van der Waals surface area (Å²) in [5.41, 5.74) is 2.62. The van der Waals surface area contributed by atoms with Gasteiger partial charge in [0, 0.05) is 11.3 Å². The van der Waals surface area contributed by atoms with Gasteiger partial charge in [-0.15, -0.1) is 5.10 Å². The van der Waals surface area contributed by atoms with Crippen LogP contribution in [0.25, 0.3) is 0 Å². The second-order valence-electron chi connectivity index (χ2n) is 5.02. The van der Waals surface area contributed by atoms with Crippen molar-refractivity contribution in [1.82, 2.24) is 20.2 Å². The molecule has 0 aliphatic carbocycles. The number of carbonyl (C=O) groups excluding carboxylic acids is 1. The van der Waals surface area contributed by atoms with Crippen molar-refractivity contribution in [1.29, 1.82) is 0 Å². The molecular formula is C14H16ClN5O. The highest BCUT2D eigenvalue weighted by molar-refractivity contribution is 6.29. The summed E-state index contributed by atoms with van der Waals surface area (Å²) < 4.78 is 0. The maximum atomic E-state index is 12.2. The molecule has 0 saturated heterocycles. The van der Waals surface area contributed by atoms with Crippen LogP contribution in [0.4, 0.5) is 5.95 Å². The Kier molecular flexibility index (Phi) is 4.47. The molecule has 110 valence electrons. The fourth-order valence-electron chi connectivity index (χ4n) is 1.63. The van der Waals surface area contributed by atoms with Crippen LogP contribution in [0.5, 0.6) is 0 Å². The second kappa shape index (κ2) is 6.13. The minimum atomic E-state index is -0.341. The molecule has 0 aliphatic heterocycles. The maximum Gasteiger partial charge on any atom is 0.258 e. The highest BCUT2D eigenvalue weighted by Crippen LogP contribution is 2.18. The summed E-state index contributed by atoms with van der Waals surface area (Å²) in [5, 5.41) is 10.7. The van der Waals surface area contributed by atoms with Crippen molar-refractivity contribution in [3.8, 4) is 0 Å². The highest BCUT2D eigenvalue weighted by Gasteiger charge is 2.13. The van der Waals surface area contributed by atoms with E-state index in [2.05, 4.69) is 25.5 Å². The van der Waals surface area contributed by atoms with E-state index in [0.717, 1.165) is 17.1 Å². The van der Waals surface area contributed by atoms with Gasteiger partial charge in [0.2, 0.25) is 5.95 Å². The molecule has 0 aromatic carbocycles. The van der Waals surface area contributed by atoms with Crippen molar-refractivity contribution < 1.29 is 4.79 Å². The van der Waals surface area contributed by atoms with Gasteiger partial charge in [-0.2, -0.15) is 5.10 Å². The fourth-order valence-corrected chi connectivity index (χ4v) is 1.84. The molecule has 0 aliphatic rings. The molecule has 21 heavy (non-hydrogen) atoms. The van der Waals surface area contributed by atoms with Gasteiger partial charge < -0.3 is 0 Å². The smallest absolute Gasteiger partial charge is 0.258 e. The number of halogens is 1. The van der Waals surface area contributed by atoms with E-state index >= 15 is 0 Å². The van der Waals surface area contributed by atoms with E-state index in [1.807, 2.05) is 13.8 Å². The van der Waals surface area contributed by atoms with Crippen LogP contribution >= 0.6 is 11.6 Å². The number of hydrogen-bond acceptors (Lipinski definition) is 5. The molecule has 0 radical (unpaired) electrons. The van der Waals surface area contributed by atoms with Crippen molar-refractivity contribution in [2.45, 2.75) is 33.6 Å². The highest BCUT2D eigenvalue weighted by atomic mass is 35.5. The lowest BCUT2D eigenvalue weighted by atomic mass is 10.1. The molecule has 1 amide bonds. The zero-order chi connectivity index (χ0) is 15.6. The van der Waals surface area contributed by atoms with Gasteiger partial charge in [-0.3, -0.25) is 10.1 Å². The Labute approximate surface area is 128 Å². The van der Waals surface area contributed by atoms with Crippen LogP contribution in [0.1, 0.15) is 47.2 Å². The zero-order valence-corrected chi connectivity index (χ0v) is 13.1. The molecule has 2 aromatic heterocycles. The predicted octanol–water partition coefficient (Wildman–Crippen LogP) is 2.91. The van der Waals surface area contributed by atoms with Gasteiger partial charge in [0.05, 0.1) is 11.4 Å². The van der Waals surface area contributed by atoms with Crippen molar-refractivity contribution in [2.75, 3.05) is 5.32 Å². The molecule has 0 atom stereocenters. The van der Waals surface area contributed by atoms with Gasteiger partial charge in [-0.1, -0.05) is 25.4 Å². The van der Waals surface area contributed by atoms with E-state index in [1.165, 1.54) is 6.07 Å². The largest absolute Gasteiger partial charge is 0.289 e. The molecule has 1 N–H and O–H groups in total. The Morgan fingerprint density at radius 3 is 2.48 bits per heavy atom. The Balaban J connectivity index is 2.25. The standard InChI is InChI=1S/C14H16ClN5O/c1-7(2)11-5-10(6-12(15)17-11)13(21)18-14-16-8(3)9(4)19-20-14/h5-7H,1-4H3,(H,16,18,20,21). The fraction of sp³-hybridized carbons (Fsp3) is 0.357. The van der Waals surface area contributed by atoms with Crippen molar-refractivity contribution in [2.24, 2.45) is 0 Å². The SMILES string of the molecule is Cc1nnc(NC(=O)c2cc(Cl)nc(C(C)C)c2)nc1C. The lowest BCUT2D eigenvalue weighted by Gasteiger charge is -2.09. The Morgan fingerprint density at radius 2 is 1.86 bits per heavy atom. The zero-order valence-electron chi connectivity index (χ0n) is 12.3. The van der Waals surface area contributed by atoms with Crippen molar-refractivity contribution in [3.63, 3.8) is 0 Å². The minimum absolute atomic E-state index is 0.169. The summed E-state index contributed by atoms with van der Waals surface area (Å²) in [6.07, 6.45) is 0. The normalized spacial score (nSPS) is 10.8. The third-order valence-electron chi connectivity index (χ3n) is 2.98. The van der Waals surface area contributed by atoms with Crippen LogP contribution in [-0.4, -0.2) is 26.1 Å². The average Bonchev–Trinajstić information content (AvgIpc) is 2.42. The first-order valence-corrected chi connectivity index (χ1v) is 6.91. The molecule has 6 nitrogen and oxygen atoms in total. The number of amides is 1. The molecule has 0 bridgehead atoms. The summed E-state index contributed by atoms with van der Waals surface area (Å²) in [5.74, 6) is 0.00294. The van der Waals surface area contributed by atoms with E-state index in [1.54, 1.807) is 19.9 Å². The lowest BCUT2D eigenvalue weighted by Crippen LogP contribution is -2.16. The van der Waals surface area contributed by atoms with Gasteiger partial charge in [0.25, 0.3) is 5.91 Å². The third-order valence-corrected chi connectivity index (χ3v) is 3.18. The molecule has 7 heteroatoms. The number of aryl methyl sites for hydroxylation is 2. The summed E-state index contributed by atoms with van der Waals surface area (Å²) in [6.45, 7) is 7.58. The Morgan fingerprint density at radius 1 is 1.14 bits per heavy atom. The number of anilines is 1. The number of nitrogens with zero attached hydrogens (tertiary/aromatic N) is 4. The van der Waals surface area contributed by atoms with Crippen LogP contribution in [0.3, 0.4) is 0 Å². The summed E-state index contributed by atoms with van der Waals surface area (Å²) >= 11 is 5.95. The number of hydrogen-bond donors (Lipinski definition) is 1. The molecule has 0 saturated carbocycles. The molecular weight excluding hydrogens is 290 g/mol. The summed E-state index contributed by atoms with van der Waals surface area (Å²) in [6, 6.07) is 3.22. The first kappa shape index (κ1) is 15.3. The van der Waals surface area contributed by atoms with Crippen molar-refractivity contribution in [3.05, 3.63) is 39.9 Å². The minimum Gasteiger partial charge on any atom is -0.289 e.